The van der Waals surface area contributed by atoms with Crippen LogP contribution in [0.15, 0.2) is 0 Å². The molecule has 0 spiro atoms. The fraction of sp³-hybridized carbons (Fsp3) is 0.750. The molecule has 1 saturated heterocycles. The van der Waals surface area contributed by atoms with Crippen molar-refractivity contribution in [1.29, 1.82) is 0 Å². The van der Waals surface area contributed by atoms with E-state index in [1.165, 1.54) is 7.11 Å². The average Bonchev–Trinajstić information content (AvgIpc) is 2.36. The average molecular weight is 257 g/mol. The number of piperidine rings is 1. The summed E-state index contributed by atoms with van der Waals surface area (Å²) < 4.78 is 4.61. The van der Waals surface area contributed by atoms with Crippen LogP contribution in [0.1, 0.15) is 38.5 Å². The molecule has 1 rings (SSSR count). The van der Waals surface area contributed by atoms with E-state index < -0.39 is 5.97 Å². The molecule has 6 heteroatoms. The van der Waals surface area contributed by atoms with Crippen LogP contribution in [0.2, 0.25) is 0 Å². The molecule has 6 nitrogen and oxygen atoms in total. The predicted octanol–water partition coefficient (Wildman–Crippen LogP) is 0.795. The number of esters is 1. The summed E-state index contributed by atoms with van der Waals surface area (Å²) in [6, 6.07) is -0.146. The lowest BCUT2D eigenvalue weighted by Crippen LogP contribution is -2.44. The van der Waals surface area contributed by atoms with Crippen LogP contribution in [0.3, 0.4) is 0 Å². The largest absolute Gasteiger partial charge is 0.481 e. The zero-order valence-corrected chi connectivity index (χ0v) is 10.6. The van der Waals surface area contributed by atoms with Gasteiger partial charge in [0.05, 0.1) is 20.0 Å². The molecular weight excluding hydrogens is 238 g/mol. The van der Waals surface area contributed by atoms with E-state index in [0.717, 1.165) is 19.3 Å². The van der Waals surface area contributed by atoms with E-state index in [1.54, 1.807) is 4.90 Å². The van der Waals surface area contributed by atoms with Crippen LogP contribution in [0.25, 0.3) is 0 Å². The number of aliphatic carboxylic acids is 1. The number of carbonyl (C=O) groups excluding carboxylic acids is 2. The molecule has 1 N–H and O–H groups in total. The first-order chi connectivity index (χ1) is 8.54. The van der Waals surface area contributed by atoms with Crippen LogP contribution >= 0.6 is 0 Å². The van der Waals surface area contributed by atoms with Crippen LogP contribution in [0.5, 0.6) is 0 Å². The second-order valence-corrected chi connectivity index (χ2v) is 4.41. The van der Waals surface area contributed by atoms with Gasteiger partial charge >= 0.3 is 11.9 Å². The van der Waals surface area contributed by atoms with E-state index in [-0.39, 0.29) is 37.2 Å². The normalized spacial score (nSPS) is 19.4. The molecule has 0 aromatic carbocycles. The number of hydrogen-bond donors (Lipinski definition) is 1. The number of hydrogen-bond acceptors (Lipinski definition) is 4. The molecule has 0 aromatic heterocycles. The quantitative estimate of drug-likeness (QED) is 0.736. The number of carboxylic acid groups (broad SMARTS) is 1. The van der Waals surface area contributed by atoms with E-state index in [9.17, 15) is 14.4 Å². The summed E-state index contributed by atoms with van der Waals surface area (Å²) in [5.74, 6) is -1.51. The lowest BCUT2D eigenvalue weighted by atomic mass is 9.98. The Morgan fingerprint density at radius 3 is 2.61 bits per heavy atom. The fourth-order valence-electron chi connectivity index (χ4n) is 2.17. The first-order valence-electron chi connectivity index (χ1n) is 6.12. The van der Waals surface area contributed by atoms with Crippen molar-refractivity contribution in [2.24, 2.45) is 0 Å². The maximum absolute atomic E-state index is 11.9. The minimum atomic E-state index is -0.982. The van der Waals surface area contributed by atoms with Crippen molar-refractivity contribution >= 4 is 17.8 Å². The van der Waals surface area contributed by atoms with Crippen molar-refractivity contribution in [2.45, 2.75) is 44.6 Å². The maximum atomic E-state index is 11.9. The molecule has 18 heavy (non-hydrogen) atoms. The number of amides is 1. The second kappa shape index (κ2) is 6.98. The van der Waals surface area contributed by atoms with Gasteiger partial charge in [0.2, 0.25) is 5.91 Å². The van der Waals surface area contributed by atoms with Gasteiger partial charge in [-0.15, -0.1) is 0 Å². The van der Waals surface area contributed by atoms with Crippen LogP contribution in [0.4, 0.5) is 0 Å². The third kappa shape index (κ3) is 4.35. The van der Waals surface area contributed by atoms with E-state index in [1.807, 2.05) is 0 Å². The van der Waals surface area contributed by atoms with Crippen LogP contribution in [-0.4, -0.2) is 47.5 Å². The summed E-state index contributed by atoms with van der Waals surface area (Å²) in [6.45, 7) is 0.597. The Bertz CT molecular complexity index is 328. The molecule has 102 valence electrons. The third-order valence-corrected chi connectivity index (χ3v) is 3.13. The number of carbonyl (C=O) groups is 3. The predicted molar refractivity (Wildman–Crippen MR) is 62.9 cm³/mol. The molecule has 1 atom stereocenters. The lowest BCUT2D eigenvalue weighted by Gasteiger charge is -2.35. The highest BCUT2D eigenvalue weighted by atomic mass is 16.5. The van der Waals surface area contributed by atoms with Crippen molar-refractivity contribution in [3.8, 4) is 0 Å². The van der Waals surface area contributed by atoms with Gasteiger partial charge in [0.25, 0.3) is 0 Å². The van der Waals surface area contributed by atoms with Crippen molar-refractivity contribution < 1.29 is 24.2 Å². The molecule has 1 unspecified atom stereocenters. The third-order valence-electron chi connectivity index (χ3n) is 3.13. The van der Waals surface area contributed by atoms with Crippen molar-refractivity contribution in [3.05, 3.63) is 0 Å². The van der Waals surface area contributed by atoms with Crippen molar-refractivity contribution in [1.82, 2.24) is 4.90 Å². The van der Waals surface area contributed by atoms with E-state index in [2.05, 4.69) is 4.74 Å². The van der Waals surface area contributed by atoms with Crippen LogP contribution in [0, 0.1) is 0 Å². The van der Waals surface area contributed by atoms with E-state index in [4.69, 9.17) is 5.11 Å². The molecule has 0 aliphatic carbocycles. The molecule has 1 aliphatic heterocycles. The molecule has 1 fully saturated rings. The number of rotatable bonds is 5. The topological polar surface area (TPSA) is 83.9 Å². The van der Waals surface area contributed by atoms with Crippen molar-refractivity contribution in [3.63, 3.8) is 0 Å². The van der Waals surface area contributed by atoms with Gasteiger partial charge in [-0.2, -0.15) is 0 Å². The Hall–Kier alpha value is -1.59. The summed E-state index contributed by atoms with van der Waals surface area (Å²) in [7, 11) is 1.32. The van der Waals surface area contributed by atoms with Crippen LogP contribution < -0.4 is 0 Å². The zero-order chi connectivity index (χ0) is 13.5. The molecular formula is C12H19NO5. The summed E-state index contributed by atoms with van der Waals surface area (Å²) >= 11 is 0. The molecule has 1 heterocycles. The van der Waals surface area contributed by atoms with Gasteiger partial charge in [-0.3, -0.25) is 14.4 Å². The maximum Gasteiger partial charge on any atom is 0.307 e. The lowest BCUT2D eigenvalue weighted by molar-refractivity contribution is -0.146. The summed E-state index contributed by atoms with van der Waals surface area (Å²) in [4.78, 5) is 35.2. The van der Waals surface area contributed by atoms with Gasteiger partial charge in [0.1, 0.15) is 0 Å². The standard InChI is InChI=1S/C12H19NO5/c1-18-12(17)8-9-4-2-3-7-13(9)10(14)5-6-11(15)16/h9H,2-8H2,1H3,(H,15,16). The summed E-state index contributed by atoms with van der Waals surface area (Å²) in [6.07, 6.45) is 2.66. The first kappa shape index (κ1) is 14.5. The van der Waals surface area contributed by atoms with Gasteiger partial charge in [-0.05, 0) is 19.3 Å². The molecule has 0 bridgehead atoms. The first-order valence-corrected chi connectivity index (χ1v) is 6.12. The minimum Gasteiger partial charge on any atom is -0.481 e. The van der Waals surface area contributed by atoms with E-state index in [0.29, 0.717) is 6.54 Å². The van der Waals surface area contributed by atoms with E-state index >= 15 is 0 Å². The zero-order valence-electron chi connectivity index (χ0n) is 10.6. The molecule has 0 saturated carbocycles. The summed E-state index contributed by atoms with van der Waals surface area (Å²) in [5.41, 5.74) is 0. The molecule has 0 radical (unpaired) electrons. The number of carboxylic acids is 1. The monoisotopic (exact) mass is 257 g/mol. The highest BCUT2D eigenvalue weighted by Crippen LogP contribution is 2.21. The fourth-order valence-corrected chi connectivity index (χ4v) is 2.17. The van der Waals surface area contributed by atoms with Gasteiger partial charge < -0.3 is 14.7 Å². The Kier molecular flexibility index (Phi) is 5.61. The Morgan fingerprint density at radius 1 is 1.28 bits per heavy atom. The van der Waals surface area contributed by atoms with Gasteiger partial charge in [0.15, 0.2) is 0 Å². The van der Waals surface area contributed by atoms with Crippen LogP contribution in [-0.2, 0) is 19.1 Å². The number of ether oxygens (including phenoxy) is 1. The number of nitrogens with zero attached hydrogens (tertiary/aromatic N) is 1. The smallest absolute Gasteiger partial charge is 0.307 e. The summed E-state index contributed by atoms with van der Waals surface area (Å²) in [5, 5.41) is 8.57. The van der Waals surface area contributed by atoms with Gasteiger partial charge in [0, 0.05) is 19.0 Å². The van der Waals surface area contributed by atoms with Crippen molar-refractivity contribution in [2.75, 3.05) is 13.7 Å². The molecule has 1 aliphatic rings. The van der Waals surface area contributed by atoms with Gasteiger partial charge in [-0.25, -0.2) is 0 Å². The molecule has 0 aromatic rings. The SMILES string of the molecule is COC(=O)CC1CCCCN1C(=O)CCC(=O)O. The highest BCUT2D eigenvalue weighted by Gasteiger charge is 2.28. The number of likely N-dealkylation sites (tertiary alicyclic amines) is 1. The highest BCUT2D eigenvalue weighted by molar-refractivity contribution is 5.81. The number of methoxy groups -OCH3 is 1. The Balaban J connectivity index is 2.55. The second-order valence-electron chi connectivity index (χ2n) is 4.41. The Labute approximate surface area is 106 Å². The Morgan fingerprint density at radius 2 is 2.00 bits per heavy atom. The molecule has 1 amide bonds. The van der Waals surface area contributed by atoms with Gasteiger partial charge in [-0.1, -0.05) is 0 Å². The minimum absolute atomic E-state index is 0.00694.